The van der Waals surface area contributed by atoms with E-state index < -0.39 is 0 Å². The third-order valence-corrected chi connectivity index (χ3v) is 4.92. The fraction of sp³-hybridized carbons (Fsp3) is 0.733. The van der Waals surface area contributed by atoms with Crippen LogP contribution in [-0.2, 0) is 6.42 Å². The summed E-state index contributed by atoms with van der Waals surface area (Å²) in [5.41, 5.74) is 0.591. The molecule has 4 heteroatoms. The van der Waals surface area contributed by atoms with Crippen LogP contribution < -0.4 is 10.5 Å². The number of nitrogens with zero attached hydrogens (tertiary/aromatic N) is 2. The first-order valence-corrected chi connectivity index (χ1v) is 7.56. The number of aromatic amines is 1. The van der Waals surface area contributed by atoms with Gasteiger partial charge in [-0.05, 0) is 31.1 Å². The molecule has 0 amide bonds. The Kier molecular flexibility index (Phi) is 3.33. The van der Waals surface area contributed by atoms with E-state index in [9.17, 15) is 4.79 Å². The largest absolute Gasteiger partial charge is 0.356 e. The molecule has 1 aliphatic heterocycles. The summed E-state index contributed by atoms with van der Waals surface area (Å²) in [6.45, 7) is 4.13. The Morgan fingerprint density at radius 1 is 1.26 bits per heavy atom. The number of H-pyrrole nitrogens is 1. The number of nitrogens with one attached hydrogen (secondary N) is 1. The van der Waals surface area contributed by atoms with Crippen molar-refractivity contribution in [2.45, 2.75) is 51.9 Å². The molecule has 4 nitrogen and oxygen atoms in total. The van der Waals surface area contributed by atoms with Crippen LogP contribution in [0.5, 0.6) is 0 Å². The van der Waals surface area contributed by atoms with Crippen LogP contribution in [0.1, 0.15) is 51.3 Å². The summed E-state index contributed by atoms with van der Waals surface area (Å²) in [6, 6.07) is 1.64. The van der Waals surface area contributed by atoms with Crippen molar-refractivity contribution in [2.75, 3.05) is 18.0 Å². The minimum atomic E-state index is -0.0250. The average Bonchev–Trinajstić information content (AvgIpc) is 2.87. The second-order valence-electron chi connectivity index (χ2n) is 6.10. The van der Waals surface area contributed by atoms with Gasteiger partial charge in [-0.3, -0.25) is 4.79 Å². The van der Waals surface area contributed by atoms with Crippen molar-refractivity contribution >= 4 is 5.82 Å². The van der Waals surface area contributed by atoms with Crippen molar-refractivity contribution in [1.29, 1.82) is 0 Å². The molecule has 1 N–H and O–H groups in total. The van der Waals surface area contributed by atoms with Gasteiger partial charge in [0.2, 0.25) is 0 Å². The Morgan fingerprint density at radius 3 is 2.58 bits per heavy atom. The number of aromatic nitrogens is 2. The van der Waals surface area contributed by atoms with E-state index in [2.05, 4.69) is 14.9 Å². The van der Waals surface area contributed by atoms with Gasteiger partial charge in [0.25, 0.3) is 5.56 Å². The van der Waals surface area contributed by atoms with Gasteiger partial charge in [0.05, 0.1) is 0 Å². The first-order valence-electron chi connectivity index (χ1n) is 7.56. The number of anilines is 1. The van der Waals surface area contributed by atoms with Crippen molar-refractivity contribution in [2.24, 2.45) is 5.41 Å². The van der Waals surface area contributed by atoms with E-state index in [1.54, 1.807) is 6.07 Å². The summed E-state index contributed by atoms with van der Waals surface area (Å²) in [5, 5.41) is 0. The lowest BCUT2D eigenvalue weighted by atomic mass is 9.77. The number of piperidine rings is 1. The van der Waals surface area contributed by atoms with E-state index in [0.717, 1.165) is 31.2 Å². The van der Waals surface area contributed by atoms with Crippen molar-refractivity contribution in [3.63, 3.8) is 0 Å². The van der Waals surface area contributed by atoms with E-state index in [4.69, 9.17) is 0 Å². The number of rotatable bonds is 2. The Bertz CT molecular complexity index is 492. The van der Waals surface area contributed by atoms with Crippen LogP contribution in [0.25, 0.3) is 0 Å². The molecule has 1 aromatic heterocycles. The Labute approximate surface area is 114 Å². The van der Waals surface area contributed by atoms with Crippen LogP contribution in [-0.4, -0.2) is 23.1 Å². The van der Waals surface area contributed by atoms with E-state index in [1.165, 1.54) is 38.5 Å². The monoisotopic (exact) mass is 261 g/mol. The molecule has 1 aromatic rings. The second kappa shape index (κ2) is 4.99. The molecule has 0 unspecified atom stereocenters. The lowest BCUT2D eigenvalue weighted by molar-refractivity contribution is 0.226. The molecule has 0 bridgehead atoms. The van der Waals surface area contributed by atoms with E-state index in [1.807, 2.05) is 6.92 Å². The molecule has 0 atom stereocenters. The molecule has 0 radical (unpaired) electrons. The number of hydrogen-bond acceptors (Lipinski definition) is 3. The van der Waals surface area contributed by atoms with E-state index in [0.29, 0.717) is 5.41 Å². The van der Waals surface area contributed by atoms with Gasteiger partial charge in [-0.2, -0.15) is 0 Å². The van der Waals surface area contributed by atoms with Crippen LogP contribution >= 0.6 is 0 Å². The smallest absolute Gasteiger partial charge is 0.252 e. The van der Waals surface area contributed by atoms with Gasteiger partial charge in [-0.1, -0.05) is 19.8 Å². The highest BCUT2D eigenvalue weighted by Crippen LogP contribution is 2.46. The maximum atomic E-state index is 11.6. The highest BCUT2D eigenvalue weighted by molar-refractivity contribution is 5.38. The molecule has 2 fully saturated rings. The van der Waals surface area contributed by atoms with Crippen molar-refractivity contribution in [3.05, 3.63) is 22.2 Å². The molecule has 2 heterocycles. The molecule has 3 rings (SSSR count). The summed E-state index contributed by atoms with van der Waals surface area (Å²) in [7, 11) is 0. The molecular weight excluding hydrogens is 238 g/mol. The molecular formula is C15H23N3O. The highest BCUT2D eigenvalue weighted by Gasteiger charge is 2.37. The molecule has 1 spiro atoms. The van der Waals surface area contributed by atoms with Crippen LogP contribution in [0.4, 0.5) is 5.82 Å². The first-order chi connectivity index (χ1) is 9.21. The van der Waals surface area contributed by atoms with Crippen LogP contribution in [0.2, 0.25) is 0 Å². The lowest BCUT2D eigenvalue weighted by Gasteiger charge is -2.39. The molecule has 1 saturated carbocycles. The average molecular weight is 261 g/mol. The zero-order valence-electron chi connectivity index (χ0n) is 11.7. The second-order valence-corrected chi connectivity index (χ2v) is 6.10. The fourth-order valence-electron chi connectivity index (χ4n) is 3.66. The third-order valence-electron chi connectivity index (χ3n) is 4.92. The normalized spacial score (nSPS) is 22.1. The molecule has 104 valence electrons. The molecule has 1 aliphatic carbocycles. The predicted molar refractivity (Wildman–Crippen MR) is 76.6 cm³/mol. The Morgan fingerprint density at radius 2 is 1.95 bits per heavy atom. The predicted octanol–water partition coefficient (Wildman–Crippen LogP) is 2.49. The summed E-state index contributed by atoms with van der Waals surface area (Å²) in [5.74, 6) is 1.66. The summed E-state index contributed by atoms with van der Waals surface area (Å²) in [6.07, 6.45) is 8.94. The zero-order chi connectivity index (χ0) is 13.3. The van der Waals surface area contributed by atoms with E-state index in [-0.39, 0.29) is 5.56 Å². The van der Waals surface area contributed by atoms with Gasteiger partial charge in [0, 0.05) is 25.6 Å². The maximum Gasteiger partial charge on any atom is 0.252 e. The SMILES string of the molecule is CCc1nc(N2CCC3(CCCC3)CC2)cc(=O)[nH]1. The molecule has 1 saturated heterocycles. The van der Waals surface area contributed by atoms with Crippen molar-refractivity contribution < 1.29 is 0 Å². The van der Waals surface area contributed by atoms with Gasteiger partial charge in [0.1, 0.15) is 11.6 Å². The topological polar surface area (TPSA) is 49.0 Å². The van der Waals surface area contributed by atoms with Gasteiger partial charge in [-0.25, -0.2) is 4.98 Å². The van der Waals surface area contributed by atoms with Gasteiger partial charge >= 0.3 is 0 Å². The number of aryl methyl sites for hydroxylation is 1. The maximum absolute atomic E-state index is 11.6. The van der Waals surface area contributed by atoms with Crippen LogP contribution in [0.3, 0.4) is 0 Å². The van der Waals surface area contributed by atoms with Gasteiger partial charge in [0.15, 0.2) is 0 Å². The standard InChI is InChI=1S/C15H23N3O/c1-2-12-16-13(11-14(19)17-12)18-9-7-15(8-10-18)5-3-4-6-15/h11H,2-10H2,1H3,(H,16,17,19). The van der Waals surface area contributed by atoms with Gasteiger partial charge < -0.3 is 9.88 Å². The van der Waals surface area contributed by atoms with Crippen LogP contribution in [0.15, 0.2) is 10.9 Å². The number of hydrogen-bond donors (Lipinski definition) is 1. The first kappa shape index (κ1) is 12.7. The van der Waals surface area contributed by atoms with Crippen molar-refractivity contribution in [1.82, 2.24) is 9.97 Å². The Hall–Kier alpha value is -1.32. The van der Waals surface area contributed by atoms with Crippen LogP contribution in [0, 0.1) is 5.41 Å². The summed E-state index contributed by atoms with van der Waals surface area (Å²) < 4.78 is 0. The quantitative estimate of drug-likeness (QED) is 0.890. The summed E-state index contributed by atoms with van der Waals surface area (Å²) in [4.78, 5) is 21.3. The lowest BCUT2D eigenvalue weighted by Crippen LogP contribution is -2.39. The Balaban J connectivity index is 1.74. The minimum absolute atomic E-state index is 0.0250. The zero-order valence-corrected chi connectivity index (χ0v) is 11.7. The fourth-order valence-corrected chi connectivity index (χ4v) is 3.66. The van der Waals surface area contributed by atoms with Crippen molar-refractivity contribution in [3.8, 4) is 0 Å². The third kappa shape index (κ3) is 2.53. The minimum Gasteiger partial charge on any atom is -0.356 e. The molecule has 0 aromatic carbocycles. The van der Waals surface area contributed by atoms with Gasteiger partial charge in [-0.15, -0.1) is 0 Å². The molecule has 19 heavy (non-hydrogen) atoms. The summed E-state index contributed by atoms with van der Waals surface area (Å²) >= 11 is 0. The van der Waals surface area contributed by atoms with E-state index >= 15 is 0 Å². The highest BCUT2D eigenvalue weighted by atomic mass is 16.1. The molecule has 2 aliphatic rings.